The van der Waals surface area contributed by atoms with E-state index in [-0.39, 0.29) is 0 Å². The highest BCUT2D eigenvalue weighted by atomic mass is 16.6. The highest BCUT2D eigenvalue weighted by Crippen LogP contribution is 2.34. The van der Waals surface area contributed by atoms with E-state index < -0.39 is 0 Å². The lowest BCUT2D eigenvalue weighted by atomic mass is 10.2. The second kappa shape index (κ2) is 5.31. The Bertz CT molecular complexity index is 828. The molecule has 0 spiro atoms. The van der Waals surface area contributed by atoms with Crippen LogP contribution in [0.25, 0.3) is 22.6 Å². The van der Waals surface area contributed by atoms with Gasteiger partial charge in [-0.2, -0.15) is 0 Å². The summed E-state index contributed by atoms with van der Waals surface area (Å²) in [5, 5.41) is 0. The maximum Gasteiger partial charge on any atom is 0.162 e. The van der Waals surface area contributed by atoms with Crippen LogP contribution in [0.4, 0.5) is 0 Å². The van der Waals surface area contributed by atoms with E-state index in [1.807, 2.05) is 34.9 Å². The van der Waals surface area contributed by atoms with Crippen LogP contribution in [0.5, 0.6) is 11.5 Å². The molecule has 3 heterocycles. The lowest BCUT2D eigenvalue weighted by Crippen LogP contribution is -2.15. The maximum absolute atomic E-state index is 5.75. The molecule has 1 aromatic carbocycles. The minimum Gasteiger partial charge on any atom is -0.486 e. The zero-order valence-corrected chi connectivity index (χ0v) is 12.0. The Morgan fingerprint density at radius 1 is 1.14 bits per heavy atom. The summed E-state index contributed by atoms with van der Waals surface area (Å²) < 4.78 is 13.3. The Morgan fingerprint density at radius 2 is 2.00 bits per heavy atom. The van der Waals surface area contributed by atoms with Gasteiger partial charge >= 0.3 is 0 Å². The molecule has 0 unspecified atom stereocenters. The molecule has 0 saturated heterocycles. The highest BCUT2D eigenvalue weighted by Gasteiger charge is 2.17. The third-order valence-electron chi connectivity index (χ3n) is 3.66. The van der Waals surface area contributed by atoms with Crippen molar-refractivity contribution in [2.24, 2.45) is 5.73 Å². The Balaban J connectivity index is 1.88. The van der Waals surface area contributed by atoms with Crippen LogP contribution in [-0.2, 0) is 6.54 Å². The van der Waals surface area contributed by atoms with Crippen molar-refractivity contribution in [2.75, 3.05) is 19.8 Å². The van der Waals surface area contributed by atoms with Gasteiger partial charge in [-0.25, -0.2) is 9.97 Å². The van der Waals surface area contributed by atoms with E-state index in [2.05, 4.69) is 4.98 Å². The maximum atomic E-state index is 5.75. The monoisotopic (exact) mass is 296 g/mol. The minimum atomic E-state index is 0.527. The van der Waals surface area contributed by atoms with Gasteiger partial charge in [0.05, 0.1) is 0 Å². The Morgan fingerprint density at radius 3 is 2.86 bits per heavy atom. The fourth-order valence-electron chi connectivity index (χ4n) is 2.70. The van der Waals surface area contributed by atoms with Crippen LogP contribution in [0.1, 0.15) is 0 Å². The largest absolute Gasteiger partial charge is 0.486 e. The number of pyridine rings is 1. The average molecular weight is 296 g/mol. The van der Waals surface area contributed by atoms with Crippen LogP contribution in [0, 0.1) is 0 Å². The van der Waals surface area contributed by atoms with Crippen molar-refractivity contribution in [2.45, 2.75) is 6.54 Å². The summed E-state index contributed by atoms with van der Waals surface area (Å²) in [6.45, 7) is 2.34. The second-order valence-electron chi connectivity index (χ2n) is 5.08. The number of nitrogens with two attached hydrogens (primary N) is 1. The number of benzene rings is 1. The summed E-state index contributed by atoms with van der Waals surface area (Å²) in [5.41, 5.74) is 8.42. The van der Waals surface area contributed by atoms with E-state index in [9.17, 15) is 0 Å². The molecule has 0 atom stereocenters. The van der Waals surface area contributed by atoms with E-state index in [4.69, 9.17) is 20.2 Å². The molecule has 2 N–H and O–H groups in total. The molecular formula is C16H16N4O2. The van der Waals surface area contributed by atoms with Crippen LogP contribution < -0.4 is 15.2 Å². The van der Waals surface area contributed by atoms with Crippen molar-refractivity contribution < 1.29 is 9.47 Å². The Hall–Kier alpha value is -2.60. The van der Waals surface area contributed by atoms with Gasteiger partial charge in [-0.1, -0.05) is 0 Å². The Kier molecular flexibility index (Phi) is 3.16. The summed E-state index contributed by atoms with van der Waals surface area (Å²) in [5.74, 6) is 2.37. The SMILES string of the molecule is NCCn1c(-c2ccc3c(c2)OCCO3)nc2cccnc21. The first kappa shape index (κ1) is 13.1. The van der Waals surface area contributed by atoms with Crippen LogP contribution in [-0.4, -0.2) is 34.3 Å². The summed E-state index contributed by atoms with van der Waals surface area (Å²) in [6, 6.07) is 9.71. The molecule has 2 aromatic heterocycles. The lowest BCUT2D eigenvalue weighted by Gasteiger charge is -2.19. The van der Waals surface area contributed by atoms with Gasteiger partial charge < -0.3 is 19.8 Å². The fourth-order valence-corrected chi connectivity index (χ4v) is 2.70. The first-order valence-corrected chi connectivity index (χ1v) is 7.28. The third kappa shape index (κ3) is 2.08. The van der Waals surface area contributed by atoms with Crippen LogP contribution in [0.15, 0.2) is 36.5 Å². The molecule has 1 aliphatic heterocycles. The van der Waals surface area contributed by atoms with Gasteiger partial charge in [0.2, 0.25) is 0 Å². The van der Waals surface area contributed by atoms with E-state index in [0.29, 0.717) is 26.3 Å². The molecule has 22 heavy (non-hydrogen) atoms. The molecule has 4 rings (SSSR count). The van der Waals surface area contributed by atoms with Gasteiger partial charge in [-0.15, -0.1) is 0 Å². The second-order valence-corrected chi connectivity index (χ2v) is 5.08. The van der Waals surface area contributed by atoms with Gasteiger partial charge in [-0.05, 0) is 30.3 Å². The molecule has 6 nitrogen and oxygen atoms in total. The van der Waals surface area contributed by atoms with Crippen molar-refractivity contribution in [3.8, 4) is 22.9 Å². The molecule has 3 aromatic rings. The first-order chi connectivity index (χ1) is 10.9. The molecule has 0 radical (unpaired) electrons. The highest BCUT2D eigenvalue weighted by molar-refractivity contribution is 5.77. The van der Waals surface area contributed by atoms with Gasteiger partial charge in [0.25, 0.3) is 0 Å². The topological polar surface area (TPSA) is 75.2 Å². The predicted molar refractivity (Wildman–Crippen MR) is 83.0 cm³/mol. The molecule has 0 saturated carbocycles. The summed E-state index contributed by atoms with van der Waals surface area (Å²) in [7, 11) is 0. The molecule has 1 aliphatic rings. The number of hydrogen-bond acceptors (Lipinski definition) is 5. The van der Waals surface area contributed by atoms with E-state index >= 15 is 0 Å². The lowest BCUT2D eigenvalue weighted by molar-refractivity contribution is 0.171. The van der Waals surface area contributed by atoms with Crippen LogP contribution in [0.3, 0.4) is 0 Å². The number of aromatic nitrogens is 3. The van der Waals surface area contributed by atoms with E-state index in [1.54, 1.807) is 6.20 Å². The molecule has 0 bridgehead atoms. The molecule has 112 valence electrons. The summed E-state index contributed by atoms with van der Waals surface area (Å²) >= 11 is 0. The predicted octanol–water partition coefficient (Wildman–Crippen LogP) is 1.83. The minimum absolute atomic E-state index is 0.527. The third-order valence-corrected chi connectivity index (χ3v) is 3.66. The molecular weight excluding hydrogens is 280 g/mol. The fraction of sp³-hybridized carbons (Fsp3) is 0.250. The molecule has 0 amide bonds. The number of ether oxygens (including phenoxy) is 2. The van der Waals surface area contributed by atoms with Crippen molar-refractivity contribution in [1.29, 1.82) is 0 Å². The normalized spacial score (nSPS) is 13.5. The zero-order chi connectivity index (χ0) is 14.9. The van der Waals surface area contributed by atoms with Crippen LogP contribution in [0.2, 0.25) is 0 Å². The van der Waals surface area contributed by atoms with Crippen LogP contribution >= 0.6 is 0 Å². The zero-order valence-electron chi connectivity index (χ0n) is 12.0. The van der Waals surface area contributed by atoms with Gasteiger partial charge in [-0.3, -0.25) is 0 Å². The molecule has 6 heteroatoms. The van der Waals surface area contributed by atoms with Gasteiger partial charge in [0.1, 0.15) is 24.6 Å². The summed E-state index contributed by atoms with van der Waals surface area (Å²) in [6.07, 6.45) is 1.77. The average Bonchev–Trinajstić information content (AvgIpc) is 2.94. The van der Waals surface area contributed by atoms with Crippen molar-refractivity contribution in [1.82, 2.24) is 14.5 Å². The quantitative estimate of drug-likeness (QED) is 0.798. The number of fused-ring (bicyclic) bond motifs is 2. The Labute approximate surface area is 127 Å². The summed E-state index contributed by atoms with van der Waals surface area (Å²) in [4.78, 5) is 9.12. The van der Waals surface area contributed by atoms with Gasteiger partial charge in [0, 0.05) is 24.8 Å². The van der Waals surface area contributed by atoms with E-state index in [0.717, 1.165) is 34.1 Å². The first-order valence-electron chi connectivity index (χ1n) is 7.28. The smallest absolute Gasteiger partial charge is 0.162 e. The molecule has 0 fully saturated rings. The van der Waals surface area contributed by atoms with Gasteiger partial charge in [0.15, 0.2) is 17.1 Å². The van der Waals surface area contributed by atoms with E-state index in [1.165, 1.54) is 0 Å². The number of imidazole rings is 1. The van der Waals surface area contributed by atoms with Crippen molar-refractivity contribution in [3.05, 3.63) is 36.5 Å². The van der Waals surface area contributed by atoms with Crippen molar-refractivity contribution in [3.63, 3.8) is 0 Å². The number of nitrogens with zero attached hydrogens (tertiary/aromatic N) is 3. The van der Waals surface area contributed by atoms with Crippen molar-refractivity contribution >= 4 is 11.2 Å². The molecule has 0 aliphatic carbocycles. The number of rotatable bonds is 3. The standard InChI is InChI=1S/C16H16N4O2/c17-5-7-20-15(19-12-2-1-6-18-16(12)20)11-3-4-13-14(10-11)22-9-8-21-13/h1-4,6,10H,5,7-9,17H2. The number of hydrogen-bond donors (Lipinski definition) is 1.